The van der Waals surface area contributed by atoms with Gasteiger partial charge in [-0.1, -0.05) is 6.08 Å². The van der Waals surface area contributed by atoms with Gasteiger partial charge in [0, 0.05) is 24.7 Å². The third-order valence-electron chi connectivity index (χ3n) is 1.14. The van der Waals surface area contributed by atoms with Gasteiger partial charge < -0.3 is 5.73 Å². The van der Waals surface area contributed by atoms with Gasteiger partial charge >= 0.3 is 0 Å². The highest BCUT2D eigenvalue weighted by Crippen LogP contribution is 1.95. The lowest BCUT2D eigenvalue weighted by Crippen LogP contribution is -2.08. The molecule has 1 aliphatic heterocycles. The average molecular weight is 163 g/mol. The van der Waals surface area contributed by atoms with Crippen LogP contribution in [0, 0.1) is 0 Å². The van der Waals surface area contributed by atoms with Crippen molar-refractivity contribution in [2.24, 2.45) is 10.8 Å². The van der Waals surface area contributed by atoms with E-state index in [2.05, 4.69) is 5.10 Å². The average Bonchev–Trinajstić information content (AvgIpc) is 2.28. The molecule has 0 atom stereocenters. The Kier molecular flexibility index (Phi) is 2.84. The highest BCUT2D eigenvalue weighted by Gasteiger charge is 1.90. The molecule has 1 amide bonds. The Morgan fingerprint density at radius 2 is 2.25 bits per heavy atom. The number of nitrogens with two attached hydrogens (primary N) is 1. The maximum absolute atomic E-state index is 10.3. The van der Waals surface area contributed by atoms with Gasteiger partial charge in [-0.2, -0.15) is 5.10 Å². The maximum Gasteiger partial charge on any atom is 0.242 e. The highest BCUT2D eigenvalue weighted by molar-refractivity contribution is 5.85. The molecule has 0 aromatic rings. The zero-order valence-corrected chi connectivity index (χ0v) is 6.42. The van der Waals surface area contributed by atoms with E-state index in [-0.39, 0.29) is 0 Å². The summed E-state index contributed by atoms with van der Waals surface area (Å²) in [5.74, 6) is -0.490. The topological polar surface area (TPSA) is 58.7 Å². The molecular formula is C8H9N3O. The molecule has 4 nitrogen and oxygen atoms in total. The van der Waals surface area contributed by atoms with Crippen molar-refractivity contribution >= 4 is 12.1 Å². The molecule has 0 radical (unpaired) electrons. The highest BCUT2D eigenvalue weighted by atomic mass is 16.1. The Balaban J connectivity index is 2.59. The molecule has 0 unspecified atom stereocenters. The SMILES string of the molecule is NC(=O)C=CN1C=CC=CC=N1. The predicted molar refractivity (Wildman–Crippen MR) is 46.9 cm³/mol. The van der Waals surface area contributed by atoms with Crippen molar-refractivity contribution in [3.05, 3.63) is 36.7 Å². The maximum atomic E-state index is 10.3. The number of carbonyl (C=O) groups is 1. The fourth-order valence-electron chi connectivity index (χ4n) is 0.644. The summed E-state index contributed by atoms with van der Waals surface area (Å²) in [7, 11) is 0. The zero-order valence-electron chi connectivity index (χ0n) is 6.42. The van der Waals surface area contributed by atoms with Crippen molar-refractivity contribution < 1.29 is 4.79 Å². The van der Waals surface area contributed by atoms with Crippen molar-refractivity contribution in [3.63, 3.8) is 0 Å². The van der Waals surface area contributed by atoms with Gasteiger partial charge in [-0.25, -0.2) is 5.01 Å². The van der Waals surface area contributed by atoms with Gasteiger partial charge in [-0.3, -0.25) is 4.79 Å². The van der Waals surface area contributed by atoms with E-state index >= 15 is 0 Å². The first kappa shape index (κ1) is 8.26. The first-order chi connectivity index (χ1) is 5.79. The second kappa shape index (κ2) is 4.12. The number of rotatable bonds is 2. The summed E-state index contributed by atoms with van der Waals surface area (Å²) in [6.07, 6.45) is 11.5. The number of carbonyl (C=O) groups excluding carboxylic acids is 1. The molecule has 1 aliphatic rings. The largest absolute Gasteiger partial charge is 0.366 e. The number of hydrogen-bond acceptors (Lipinski definition) is 3. The van der Waals surface area contributed by atoms with Crippen LogP contribution in [0.2, 0.25) is 0 Å². The first-order valence-electron chi connectivity index (χ1n) is 3.42. The Morgan fingerprint density at radius 1 is 1.42 bits per heavy atom. The van der Waals surface area contributed by atoms with Crippen LogP contribution in [0.1, 0.15) is 0 Å². The number of amides is 1. The predicted octanol–water partition coefficient (Wildman–Crippen LogP) is 0.357. The van der Waals surface area contributed by atoms with Gasteiger partial charge in [0.2, 0.25) is 5.91 Å². The monoisotopic (exact) mass is 163 g/mol. The quantitative estimate of drug-likeness (QED) is 0.597. The number of primary amides is 1. The van der Waals surface area contributed by atoms with Gasteiger partial charge in [-0.15, -0.1) is 0 Å². The van der Waals surface area contributed by atoms with Gasteiger partial charge in [-0.05, 0) is 12.2 Å². The Hall–Kier alpha value is -1.84. The van der Waals surface area contributed by atoms with Crippen LogP contribution in [0.4, 0.5) is 0 Å². The molecule has 0 saturated carbocycles. The van der Waals surface area contributed by atoms with Crippen LogP contribution in [-0.2, 0) is 4.79 Å². The van der Waals surface area contributed by atoms with E-state index in [0.717, 1.165) is 0 Å². The van der Waals surface area contributed by atoms with E-state index in [1.165, 1.54) is 17.3 Å². The molecule has 0 spiro atoms. The van der Waals surface area contributed by atoms with Crippen molar-refractivity contribution in [2.75, 3.05) is 0 Å². The Morgan fingerprint density at radius 3 is 3.00 bits per heavy atom. The van der Waals surface area contributed by atoms with Crippen LogP contribution >= 0.6 is 0 Å². The molecule has 62 valence electrons. The normalized spacial score (nSPS) is 15.5. The van der Waals surface area contributed by atoms with Crippen LogP contribution in [0.15, 0.2) is 41.8 Å². The fraction of sp³-hybridized carbons (Fsp3) is 0. The van der Waals surface area contributed by atoms with Gasteiger partial charge in [0.15, 0.2) is 0 Å². The summed E-state index contributed by atoms with van der Waals surface area (Å²) in [4.78, 5) is 10.3. The van der Waals surface area contributed by atoms with Crippen LogP contribution in [0.3, 0.4) is 0 Å². The van der Waals surface area contributed by atoms with Gasteiger partial charge in [0.05, 0.1) is 0 Å². The van der Waals surface area contributed by atoms with Crippen molar-refractivity contribution in [1.29, 1.82) is 0 Å². The van der Waals surface area contributed by atoms with E-state index in [9.17, 15) is 4.79 Å². The minimum atomic E-state index is -0.490. The van der Waals surface area contributed by atoms with Gasteiger partial charge in [0.25, 0.3) is 0 Å². The molecule has 0 aromatic carbocycles. The van der Waals surface area contributed by atoms with Crippen molar-refractivity contribution in [3.8, 4) is 0 Å². The van der Waals surface area contributed by atoms with Crippen LogP contribution in [0.25, 0.3) is 0 Å². The summed E-state index contributed by atoms with van der Waals surface area (Å²) in [5, 5.41) is 5.43. The molecule has 1 rings (SSSR count). The molecule has 0 fully saturated rings. The number of allylic oxidation sites excluding steroid dienone is 3. The second-order valence-corrected chi connectivity index (χ2v) is 2.09. The molecule has 0 bridgehead atoms. The van der Waals surface area contributed by atoms with E-state index < -0.39 is 5.91 Å². The van der Waals surface area contributed by atoms with Crippen molar-refractivity contribution in [1.82, 2.24) is 5.01 Å². The van der Waals surface area contributed by atoms with Gasteiger partial charge in [0.1, 0.15) is 0 Å². The summed E-state index contributed by atoms with van der Waals surface area (Å²) in [5.41, 5.74) is 4.90. The zero-order chi connectivity index (χ0) is 8.81. The van der Waals surface area contributed by atoms with E-state index in [0.29, 0.717) is 0 Å². The fourth-order valence-corrected chi connectivity index (χ4v) is 0.644. The standard InChI is InChI=1S/C8H9N3O/c9-8(12)4-7-11-6-3-1-2-5-10-11/h1-7H,(H2,9,12). The Labute approximate surface area is 70.3 Å². The summed E-state index contributed by atoms with van der Waals surface area (Å²) in [6.45, 7) is 0. The van der Waals surface area contributed by atoms with E-state index in [1.807, 2.05) is 6.08 Å². The third-order valence-corrected chi connectivity index (χ3v) is 1.14. The Bertz CT molecular complexity index is 260. The third kappa shape index (κ3) is 2.83. The second-order valence-electron chi connectivity index (χ2n) is 2.09. The summed E-state index contributed by atoms with van der Waals surface area (Å²) in [6, 6.07) is 0. The van der Waals surface area contributed by atoms with Crippen molar-refractivity contribution in [2.45, 2.75) is 0 Å². The molecule has 2 N–H and O–H groups in total. The molecule has 12 heavy (non-hydrogen) atoms. The summed E-state index contributed by atoms with van der Waals surface area (Å²) < 4.78 is 0. The number of hydrogen-bond donors (Lipinski definition) is 1. The summed E-state index contributed by atoms with van der Waals surface area (Å²) >= 11 is 0. The van der Waals surface area contributed by atoms with Crippen LogP contribution < -0.4 is 5.73 Å². The van der Waals surface area contributed by atoms with Crippen LogP contribution in [-0.4, -0.2) is 17.1 Å². The lowest BCUT2D eigenvalue weighted by molar-refractivity contribution is -0.113. The number of hydrazone groups is 1. The smallest absolute Gasteiger partial charge is 0.242 e. The lowest BCUT2D eigenvalue weighted by Gasteiger charge is -2.04. The van der Waals surface area contributed by atoms with E-state index in [1.54, 1.807) is 24.6 Å². The molecule has 0 aromatic heterocycles. The minimum absolute atomic E-state index is 0.490. The molecule has 0 saturated heterocycles. The first-order valence-corrected chi connectivity index (χ1v) is 3.42. The molecule has 4 heteroatoms. The van der Waals surface area contributed by atoms with Crippen LogP contribution in [0.5, 0.6) is 0 Å². The molecule has 0 aliphatic carbocycles. The number of nitrogens with zero attached hydrogens (tertiary/aromatic N) is 2. The lowest BCUT2D eigenvalue weighted by atomic mass is 10.5. The minimum Gasteiger partial charge on any atom is -0.366 e. The van der Waals surface area contributed by atoms with E-state index in [4.69, 9.17) is 5.73 Å². The molecule has 1 heterocycles. The molecular weight excluding hydrogens is 154 g/mol.